The Hall–Kier alpha value is -2.66. The van der Waals surface area contributed by atoms with Crippen molar-refractivity contribution in [3.05, 3.63) is 65.7 Å². The Morgan fingerprint density at radius 3 is 2.44 bits per heavy atom. The number of carbonyl (C=O) groups excluding carboxylic acids is 2. The lowest BCUT2D eigenvalue weighted by atomic mass is 9.75. The SMILES string of the molecule is CC(=O)Nc1ccc(C(=O)N2CCC[C@@](CO)(Cc3ccccc3)C2)cc1. The lowest BCUT2D eigenvalue weighted by molar-refractivity contribution is -0.114. The molecule has 1 aliphatic rings. The minimum Gasteiger partial charge on any atom is -0.396 e. The van der Waals surface area contributed by atoms with Crippen LogP contribution in [0.2, 0.25) is 0 Å². The molecule has 0 saturated carbocycles. The molecule has 2 aromatic carbocycles. The molecule has 0 radical (unpaired) electrons. The topological polar surface area (TPSA) is 69.6 Å². The van der Waals surface area contributed by atoms with Crippen LogP contribution in [0.15, 0.2) is 54.6 Å². The highest BCUT2D eigenvalue weighted by molar-refractivity contribution is 5.95. The number of carbonyl (C=O) groups is 2. The molecule has 0 bridgehead atoms. The molecule has 2 amide bonds. The zero-order chi connectivity index (χ0) is 19.3. The van der Waals surface area contributed by atoms with E-state index in [2.05, 4.69) is 17.4 Å². The molecular weight excluding hydrogens is 340 g/mol. The molecule has 2 N–H and O–H groups in total. The number of anilines is 1. The Labute approximate surface area is 160 Å². The third kappa shape index (κ3) is 4.74. The van der Waals surface area contributed by atoms with Crippen LogP contribution in [0.25, 0.3) is 0 Å². The molecule has 0 unspecified atom stereocenters. The van der Waals surface area contributed by atoms with E-state index < -0.39 is 0 Å². The lowest BCUT2D eigenvalue weighted by Gasteiger charge is -2.42. The van der Waals surface area contributed by atoms with Crippen LogP contribution in [0.1, 0.15) is 35.7 Å². The second-order valence-electron chi connectivity index (χ2n) is 7.41. The zero-order valence-corrected chi connectivity index (χ0v) is 15.6. The van der Waals surface area contributed by atoms with Crippen LogP contribution < -0.4 is 5.32 Å². The van der Waals surface area contributed by atoms with Crippen molar-refractivity contribution < 1.29 is 14.7 Å². The Morgan fingerprint density at radius 2 is 1.81 bits per heavy atom. The quantitative estimate of drug-likeness (QED) is 0.854. The number of likely N-dealkylation sites (tertiary alicyclic amines) is 1. The number of aliphatic hydroxyl groups excluding tert-OH is 1. The molecule has 1 fully saturated rings. The minimum atomic E-state index is -0.300. The molecule has 5 heteroatoms. The van der Waals surface area contributed by atoms with Gasteiger partial charge in [-0.1, -0.05) is 30.3 Å². The maximum Gasteiger partial charge on any atom is 0.253 e. The third-order valence-corrected chi connectivity index (χ3v) is 5.16. The monoisotopic (exact) mass is 366 g/mol. The molecule has 1 saturated heterocycles. The maximum absolute atomic E-state index is 12.9. The van der Waals surface area contributed by atoms with E-state index in [0.29, 0.717) is 24.3 Å². The number of benzene rings is 2. The van der Waals surface area contributed by atoms with Gasteiger partial charge in [-0.15, -0.1) is 0 Å². The molecule has 0 aromatic heterocycles. The van der Waals surface area contributed by atoms with Gasteiger partial charge in [0.2, 0.25) is 5.91 Å². The Bertz CT molecular complexity index is 789. The number of nitrogens with one attached hydrogen (secondary N) is 1. The molecule has 27 heavy (non-hydrogen) atoms. The van der Waals surface area contributed by atoms with Gasteiger partial charge in [-0.25, -0.2) is 0 Å². The van der Waals surface area contributed by atoms with Crippen molar-refractivity contribution in [1.82, 2.24) is 4.90 Å². The first-order chi connectivity index (χ1) is 13.0. The fourth-order valence-corrected chi connectivity index (χ4v) is 3.82. The Kier molecular flexibility index (Phi) is 5.91. The maximum atomic E-state index is 12.9. The number of piperidine rings is 1. The van der Waals surface area contributed by atoms with E-state index in [0.717, 1.165) is 19.3 Å². The van der Waals surface area contributed by atoms with Gasteiger partial charge in [-0.3, -0.25) is 9.59 Å². The van der Waals surface area contributed by atoms with Crippen LogP contribution in [0.3, 0.4) is 0 Å². The van der Waals surface area contributed by atoms with Gasteiger partial charge in [-0.2, -0.15) is 0 Å². The van der Waals surface area contributed by atoms with E-state index in [1.165, 1.54) is 12.5 Å². The summed E-state index contributed by atoms with van der Waals surface area (Å²) in [5.41, 5.74) is 2.15. The summed E-state index contributed by atoms with van der Waals surface area (Å²) in [6, 6.07) is 17.1. The van der Waals surface area contributed by atoms with E-state index in [9.17, 15) is 14.7 Å². The molecule has 0 spiro atoms. The molecule has 2 aromatic rings. The van der Waals surface area contributed by atoms with Crippen molar-refractivity contribution in [2.75, 3.05) is 25.0 Å². The van der Waals surface area contributed by atoms with Crippen LogP contribution in [0.5, 0.6) is 0 Å². The van der Waals surface area contributed by atoms with E-state index in [4.69, 9.17) is 0 Å². The van der Waals surface area contributed by atoms with E-state index in [1.807, 2.05) is 23.1 Å². The van der Waals surface area contributed by atoms with Gasteiger partial charge in [-0.05, 0) is 49.1 Å². The average molecular weight is 366 g/mol. The van der Waals surface area contributed by atoms with Gasteiger partial charge in [0.05, 0.1) is 6.61 Å². The first-order valence-corrected chi connectivity index (χ1v) is 9.33. The van der Waals surface area contributed by atoms with Gasteiger partial charge in [0.1, 0.15) is 0 Å². The minimum absolute atomic E-state index is 0.0324. The molecule has 1 atom stereocenters. The van der Waals surface area contributed by atoms with E-state index >= 15 is 0 Å². The number of nitrogens with zero attached hydrogens (tertiary/aromatic N) is 1. The van der Waals surface area contributed by atoms with Gasteiger partial charge in [0.25, 0.3) is 5.91 Å². The largest absolute Gasteiger partial charge is 0.396 e. The third-order valence-electron chi connectivity index (χ3n) is 5.16. The number of hydrogen-bond donors (Lipinski definition) is 2. The second kappa shape index (κ2) is 8.35. The van der Waals surface area contributed by atoms with Gasteiger partial charge in [0, 0.05) is 36.7 Å². The van der Waals surface area contributed by atoms with Crippen LogP contribution in [0, 0.1) is 5.41 Å². The predicted molar refractivity (Wildman–Crippen MR) is 106 cm³/mol. The predicted octanol–water partition coefficient (Wildman–Crippen LogP) is 3.10. The summed E-state index contributed by atoms with van der Waals surface area (Å²) in [7, 11) is 0. The van der Waals surface area contributed by atoms with Gasteiger partial charge in [0.15, 0.2) is 0 Å². The summed E-state index contributed by atoms with van der Waals surface area (Å²) in [5.74, 6) is -0.172. The van der Waals surface area contributed by atoms with Crippen LogP contribution >= 0.6 is 0 Å². The molecule has 5 nitrogen and oxygen atoms in total. The van der Waals surface area contributed by atoms with Crippen molar-refractivity contribution in [3.8, 4) is 0 Å². The highest BCUT2D eigenvalue weighted by Crippen LogP contribution is 2.34. The molecule has 0 aliphatic carbocycles. The lowest BCUT2D eigenvalue weighted by Crippen LogP contribution is -2.49. The van der Waals surface area contributed by atoms with Crippen molar-refractivity contribution >= 4 is 17.5 Å². The Morgan fingerprint density at radius 1 is 1.11 bits per heavy atom. The summed E-state index contributed by atoms with van der Waals surface area (Å²) in [6.07, 6.45) is 2.54. The van der Waals surface area contributed by atoms with Crippen molar-refractivity contribution in [2.24, 2.45) is 5.41 Å². The second-order valence-corrected chi connectivity index (χ2v) is 7.41. The van der Waals surface area contributed by atoms with Crippen LogP contribution in [-0.4, -0.2) is 41.5 Å². The van der Waals surface area contributed by atoms with Gasteiger partial charge >= 0.3 is 0 Å². The fourth-order valence-electron chi connectivity index (χ4n) is 3.82. The highest BCUT2D eigenvalue weighted by atomic mass is 16.3. The standard InChI is InChI=1S/C22H26N2O3/c1-17(26)23-20-10-8-19(9-11-20)21(27)24-13-5-12-22(15-24,16-25)14-18-6-3-2-4-7-18/h2-4,6-11,25H,5,12-16H2,1H3,(H,23,26)/t22-/m1/s1. The summed E-state index contributed by atoms with van der Waals surface area (Å²) >= 11 is 0. The summed E-state index contributed by atoms with van der Waals surface area (Å²) in [5, 5.41) is 12.8. The van der Waals surface area contributed by atoms with Crippen molar-refractivity contribution in [2.45, 2.75) is 26.2 Å². The molecule has 142 valence electrons. The number of hydrogen-bond acceptors (Lipinski definition) is 3. The first kappa shape index (κ1) is 19.1. The fraction of sp³-hybridized carbons (Fsp3) is 0.364. The Balaban J connectivity index is 1.72. The van der Waals surface area contributed by atoms with Crippen LogP contribution in [0.4, 0.5) is 5.69 Å². The zero-order valence-electron chi connectivity index (χ0n) is 15.6. The van der Waals surface area contributed by atoms with Crippen LogP contribution in [-0.2, 0) is 11.2 Å². The molecular formula is C22H26N2O3. The highest BCUT2D eigenvalue weighted by Gasteiger charge is 2.37. The van der Waals surface area contributed by atoms with Gasteiger partial charge < -0.3 is 15.3 Å². The van der Waals surface area contributed by atoms with Crippen molar-refractivity contribution in [1.29, 1.82) is 0 Å². The summed E-state index contributed by atoms with van der Waals surface area (Å²) < 4.78 is 0. The normalized spacial score (nSPS) is 19.6. The molecule has 1 heterocycles. The summed E-state index contributed by atoms with van der Waals surface area (Å²) in [4.78, 5) is 25.9. The molecule has 3 rings (SSSR count). The smallest absolute Gasteiger partial charge is 0.253 e. The number of amides is 2. The number of aliphatic hydroxyl groups is 1. The van der Waals surface area contributed by atoms with E-state index in [1.54, 1.807) is 24.3 Å². The average Bonchev–Trinajstić information content (AvgIpc) is 2.68. The number of rotatable bonds is 5. The summed E-state index contributed by atoms with van der Waals surface area (Å²) in [6.45, 7) is 2.76. The van der Waals surface area contributed by atoms with E-state index in [-0.39, 0.29) is 23.8 Å². The van der Waals surface area contributed by atoms with Crippen molar-refractivity contribution in [3.63, 3.8) is 0 Å². The first-order valence-electron chi connectivity index (χ1n) is 9.33. The molecule has 1 aliphatic heterocycles.